The zero-order chi connectivity index (χ0) is 19.8. The molecule has 4 rings (SSSR count). The lowest BCUT2D eigenvalue weighted by Crippen LogP contribution is -2.13. The minimum Gasteiger partial charge on any atom is -0.474 e. The van der Waals surface area contributed by atoms with Gasteiger partial charge in [0.1, 0.15) is 17.7 Å². The van der Waals surface area contributed by atoms with Crippen molar-refractivity contribution in [2.75, 3.05) is 0 Å². The van der Waals surface area contributed by atoms with Crippen molar-refractivity contribution >= 4 is 5.91 Å². The van der Waals surface area contributed by atoms with E-state index in [1.165, 1.54) is 28.9 Å². The van der Waals surface area contributed by atoms with Gasteiger partial charge in [-0.25, -0.2) is 13.8 Å². The van der Waals surface area contributed by atoms with Crippen molar-refractivity contribution in [1.29, 1.82) is 0 Å². The SMILES string of the molecule is Cc1cc(OC2CC2)ncc1-c1cc(C(N)=O)nn1Cc1c(F)cccc1F. The monoisotopic (exact) mass is 384 g/mol. The van der Waals surface area contributed by atoms with Crippen LogP contribution in [0.2, 0.25) is 0 Å². The molecule has 28 heavy (non-hydrogen) atoms. The van der Waals surface area contributed by atoms with Crippen LogP contribution in [0.1, 0.15) is 34.5 Å². The summed E-state index contributed by atoms with van der Waals surface area (Å²) < 4.78 is 35.2. The van der Waals surface area contributed by atoms with Crippen LogP contribution in [0, 0.1) is 18.6 Å². The minimum atomic E-state index is -0.728. The van der Waals surface area contributed by atoms with Crippen molar-refractivity contribution in [2.24, 2.45) is 5.73 Å². The molecule has 0 saturated heterocycles. The molecule has 0 atom stereocenters. The number of primary amides is 1. The Bertz CT molecular complexity index is 1040. The van der Waals surface area contributed by atoms with Gasteiger partial charge in [0.05, 0.1) is 12.2 Å². The van der Waals surface area contributed by atoms with Crippen LogP contribution in [0.5, 0.6) is 5.88 Å². The molecule has 1 aliphatic carbocycles. The van der Waals surface area contributed by atoms with Crippen LogP contribution in [0.3, 0.4) is 0 Å². The lowest BCUT2D eigenvalue weighted by molar-refractivity contribution is 0.0995. The summed E-state index contributed by atoms with van der Waals surface area (Å²) >= 11 is 0. The fourth-order valence-corrected chi connectivity index (χ4v) is 2.93. The number of nitrogens with zero attached hydrogens (tertiary/aromatic N) is 3. The predicted molar refractivity (Wildman–Crippen MR) is 97.8 cm³/mol. The molecule has 6 nitrogen and oxygen atoms in total. The van der Waals surface area contributed by atoms with E-state index in [0.717, 1.165) is 18.4 Å². The highest BCUT2D eigenvalue weighted by atomic mass is 19.1. The van der Waals surface area contributed by atoms with Gasteiger partial charge in [0.15, 0.2) is 5.69 Å². The standard InChI is InChI=1S/C20H18F2N4O2/c1-11-7-19(28-12-5-6-12)24-9-13(11)18-8-17(20(23)27)25-26(18)10-14-15(21)3-2-4-16(14)22/h2-4,7-9,12H,5-6,10H2,1H3,(H2,23,27). The molecule has 0 bridgehead atoms. The molecule has 8 heteroatoms. The Morgan fingerprint density at radius 3 is 2.61 bits per heavy atom. The van der Waals surface area contributed by atoms with Crippen molar-refractivity contribution in [1.82, 2.24) is 14.8 Å². The molecule has 0 aliphatic heterocycles. The van der Waals surface area contributed by atoms with E-state index in [1.54, 1.807) is 12.3 Å². The molecular formula is C20H18F2N4O2. The van der Waals surface area contributed by atoms with Crippen LogP contribution < -0.4 is 10.5 Å². The lowest BCUT2D eigenvalue weighted by Gasteiger charge is -2.12. The van der Waals surface area contributed by atoms with Crippen molar-refractivity contribution in [3.8, 4) is 17.1 Å². The number of ether oxygens (including phenoxy) is 1. The third kappa shape index (κ3) is 3.58. The molecule has 1 amide bonds. The van der Waals surface area contributed by atoms with Gasteiger partial charge >= 0.3 is 0 Å². The Hall–Kier alpha value is -3.29. The van der Waals surface area contributed by atoms with Gasteiger partial charge in [0.2, 0.25) is 5.88 Å². The van der Waals surface area contributed by atoms with Crippen LogP contribution in [-0.4, -0.2) is 26.8 Å². The van der Waals surface area contributed by atoms with E-state index in [-0.39, 0.29) is 23.9 Å². The maximum Gasteiger partial charge on any atom is 0.269 e. The smallest absolute Gasteiger partial charge is 0.269 e. The number of amides is 1. The molecule has 1 aromatic carbocycles. The number of carbonyl (C=O) groups excluding carboxylic acids is 1. The number of aryl methyl sites for hydroxylation is 1. The zero-order valence-electron chi connectivity index (χ0n) is 15.2. The fourth-order valence-electron chi connectivity index (χ4n) is 2.93. The number of hydrogen-bond donors (Lipinski definition) is 1. The Balaban J connectivity index is 1.75. The molecule has 3 aromatic rings. The van der Waals surface area contributed by atoms with E-state index in [9.17, 15) is 13.6 Å². The molecule has 1 fully saturated rings. The van der Waals surface area contributed by atoms with Gasteiger partial charge in [-0.1, -0.05) is 6.07 Å². The van der Waals surface area contributed by atoms with Crippen LogP contribution in [-0.2, 0) is 6.54 Å². The number of halogens is 2. The Morgan fingerprint density at radius 1 is 1.29 bits per heavy atom. The molecule has 2 heterocycles. The maximum atomic E-state index is 14.1. The van der Waals surface area contributed by atoms with Crippen LogP contribution >= 0.6 is 0 Å². The number of nitrogens with two attached hydrogens (primary N) is 1. The van der Waals surface area contributed by atoms with Gasteiger partial charge in [0, 0.05) is 23.4 Å². The summed E-state index contributed by atoms with van der Waals surface area (Å²) in [6.07, 6.45) is 3.86. The van der Waals surface area contributed by atoms with E-state index < -0.39 is 17.5 Å². The van der Waals surface area contributed by atoms with E-state index in [1.807, 2.05) is 6.92 Å². The number of aromatic nitrogens is 3. The maximum absolute atomic E-state index is 14.1. The first-order valence-electron chi connectivity index (χ1n) is 8.86. The van der Waals surface area contributed by atoms with Crippen LogP contribution in [0.25, 0.3) is 11.3 Å². The van der Waals surface area contributed by atoms with E-state index in [2.05, 4.69) is 10.1 Å². The quantitative estimate of drug-likeness (QED) is 0.707. The van der Waals surface area contributed by atoms with Gasteiger partial charge in [-0.15, -0.1) is 0 Å². The summed E-state index contributed by atoms with van der Waals surface area (Å²) in [5, 5.41) is 4.14. The molecule has 2 N–H and O–H groups in total. The molecule has 1 aliphatic rings. The highest BCUT2D eigenvalue weighted by Crippen LogP contribution is 2.30. The van der Waals surface area contributed by atoms with Gasteiger partial charge in [-0.2, -0.15) is 5.10 Å². The first kappa shape index (κ1) is 18.1. The van der Waals surface area contributed by atoms with E-state index in [4.69, 9.17) is 10.5 Å². The van der Waals surface area contributed by atoms with Crippen molar-refractivity contribution in [2.45, 2.75) is 32.4 Å². The predicted octanol–water partition coefficient (Wildman–Crippen LogP) is 3.22. The zero-order valence-corrected chi connectivity index (χ0v) is 15.2. The second-order valence-corrected chi connectivity index (χ2v) is 6.79. The number of benzene rings is 1. The number of carbonyl (C=O) groups is 1. The average Bonchev–Trinajstić information content (AvgIpc) is 3.35. The third-order valence-corrected chi connectivity index (χ3v) is 4.58. The molecule has 1 saturated carbocycles. The third-order valence-electron chi connectivity index (χ3n) is 4.58. The fraction of sp³-hybridized carbons (Fsp3) is 0.250. The topological polar surface area (TPSA) is 83.0 Å². The minimum absolute atomic E-state index is 0.00412. The number of rotatable bonds is 6. The molecule has 0 unspecified atom stereocenters. The largest absolute Gasteiger partial charge is 0.474 e. The van der Waals surface area contributed by atoms with Gasteiger partial charge in [0.25, 0.3) is 5.91 Å². The van der Waals surface area contributed by atoms with E-state index >= 15 is 0 Å². The van der Waals surface area contributed by atoms with E-state index in [0.29, 0.717) is 17.1 Å². The molecule has 0 spiro atoms. The van der Waals surface area contributed by atoms with Crippen LogP contribution in [0.4, 0.5) is 8.78 Å². The van der Waals surface area contributed by atoms with Crippen molar-refractivity contribution in [3.63, 3.8) is 0 Å². The first-order valence-corrected chi connectivity index (χ1v) is 8.86. The normalized spacial score (nSPS) is 13.5. The molecule has 2 aromatic heterocycles. The Morgan fingerprint density at radius 2 is 2.00 bits per heavy atom. The number of pyridine rings is 1. The van der Waals surface area contributed by atoms with Gasteiger partial charge in [-0.3, -0.25) is 9.48 Å². The van der Waals surface area contributed by atoms with Crippen molar-refractivity contribution in [3.05, 3.63) is 65.0 Å². The van der Waals surface area contributed by atoms with Gasteiger partial charge in [-0.05, 0) is 43.5 Å². The lowest BCUT2D eigenvalue weighted by atomic mass is 10.1. The summed E-state index contributed by atoms with van der Waals surface area (Å²) in [7, 11) is 0. The summed E-state index contributed by atoms with van der Waals surface area (Å²) in [6.45, 7) is 1.67. The highest BCUT2D eigenvalue weighted by molar-refractivity contribution is 5.92. The molecular weight excluding hydrogens is 366 g/mol. The first-order chi connectivity index (χ1) is 13.4. The van der Waals surface area contributed by atoms with Crippen LogP contribution in [0.15, 0.2) is 36.5 Å². The number of hydrogen-bond acceptors (Lipinski definition) is 4. The summed E-state index contributed by atoms with van der Waals surface area (Å²) in [6, 6.07) is 6.92. The summed E-state index contributed by atoms with van der Waals surface area (Å²) in [5.74, 6) is -1.59. The summed E-state index contributed by atoms with van der Waals surface area (Å²) in [4.78, 5) is 15.9. The Kier molecular flexibility index (Phi) is 4.54. The highest BCUT2D eigenvalue weighted by Gasteiger charge is 2.24. The van der Waals surface area contributed by atoms with Gasteiger partial charge < -0.3 is 10.5 Å². The van der Waals surface area contributed by atoms with Crippen molar-refractivity contribution < 1.29 is 18.3 Å². The molecule has 144 valence electrons. The molecule has 0 radical (unpaired) electrons. The second-order valence-electron chi connectivity index (χ2n) is 6.79. The average molecular weight is 384 g/mol. The summed E-state index contributed by atoms with van der Waals surface area (Å²) in [5.41, 5.74) is 7.19. The second kappa shape index (κ2) is 7.03. The Labute approximate surface area is 160 Å².